The number of carbonyl (C=O) groups is 1. The first-order valence-electron chi connectivity index (χ1n) is 4.59. The van der Waals surface area contributed by atoms with Gasteiger partial charge in [-0.2, -0.15) is 0 Å². The number of hydrogen-bond donors (Lipinski definition) is 1. The van der Waals surface area contributed by atoms with E-state index in [1.165, 1.54) is 0 Å². The fourth-order valence-electron chi connectivity index (χ4n) is 1.21. The third-order valence-corrected chi connectivity index (χ3v) is 2.05. The van der Waals surface area contributed by atoms with Crippen LogP contribution in [-0.2, 0) is 11.2 Å². The minimum absolute atomic E-state index is 0.0628. The van der Waals surface area contributed by atoms with Gasteiger partial charge in [-0.15, -0.1) is 0 Å². The maximum absolute atomic E-state index is 11.0. The van der Waals surface area contributed by atoms with Gasteiger partial charge in [0.05, 0.1) is 7.11 Å². The standard InChI is InChI=1S/C11H15NO2/c1-12-11(13)7-6-9-4-3-5-10(8-9)14-2/h3-5,8H,6-7H2,1-2H3,(H,12,13). The van der Waals surface area contributed by atoms with E-state index in [1.54, 1.807) is 14.2 Å². The van der Waals surface area contributed by atoms with E-state index in [2.05, 4.69) is 5.32 Å². The Balaban J connectivity index is 2.54. The summed E-state index contributed by atoms with van der Waals surface area (Å²) in [4.78, 5) is 11.0. The molecule has 1 amide bonds. The van der Waals surface area contributed by atoms with Gasteiger partial charge in [-0.25, -0.2) is 0 Å². The smallest absolute Gasteiger partial charge is 0.220 e. The van der Waals surface area contributed by atoms with Gasteiger partial charge in [0.25, 0.3) is 0 Å². The van der Waals surface area contributed by atoms with Crippen LogP contribution in [0.4, 0.5) is 0 Å². The largest absolute Gasteiger partial charge is 0.497 e. The molecule has 1 aromatic rings. The van der Waals surface area contributed by atoms with Gasteiger partial charge in [-0.3, -0.25) is 4.79 Å². The second kappa shape index (κ2) is 5.27. The van der Waals surface area contributed by atoms with Crippen LogP contribution in [0.3, 0.4) is 0 Å². The van der Waals surface area contributed by atoms with Crippen molar-refractivity contribution in [2.45, 2.75) is 12.8 Å². The number of aryl methyl sites for hydroxylation is 1. The van der Waals surface area contributed by atoms with E-state index in [9.17, 15) is 4.79 Å². The Bertz CT molecular complexity index is 310. The number of benzene rings is 1. The molecule has 1 N–H and O–H groups in total. The maximum atomic E-state index is 11.0. The topological polar surface area (TPSA) is 38.3 Å². The Morgan fingerprint density at radius 3 is 2.93 bits per heavy atom. The van der Waals surface area contributed by atoms with Crippen LogP contribution in [0.1, 0.15) is 12.0 Å². The number of methoxy groups -OCH3 is 1. The van der Waals surface area contributed by atoms with E-state index >= 15 is 0 Å². The summed E-state index contributed by atoms with van der Waals surface area (Å²) < 4.78 is 5.09. The van der Waals surface area contributed by atoms with Gasteiger partial charge in [0, 0.05) is 13.5 Å². The lowest BCUT2D eigenvalue weighted by Crippen LogP contribution is -2.17. The molecule has 3 heteroatoms. The molecule has 0 aliphatic heterocycles. The van der Waals surface area contributed by atoms with Crippen molar-refractivity contribution in [2.24, 2.45) is 0 Å². The van der Waals surface area contributed by atoms with Crippen molar-refractivity contribution < 1.29 is 9.53 Å². The highest BCUT2D eigenvalue weighted by Gasteiger charge is 2.00. The van der Waals surface area contributed by atoms with Gasteiger partial charge < -0.3 is 10.1 Å². The molecule has 1 aromatic carbocycles. The molecule has 0 aliphatic carbocycles. The van der Waals surface area contributed by atoms with Crippen LogP contribution in [0.5, 0.6) is 5.75 Å². The number of amides is 1. The van der Waals surface area contributed by atoms with Crippen LogP contribution in [0.15, 0.2) is 24.3 Å². The Hall–Kier alpha value is -1.51. The van der Waals surface area contributed by atoms with Crippen molar-refractivity contribution in [3.63, 3.8) is 0 Å². The van der Waals surface area contributed by atoms with Crippen LogP contribution in [0.2, 0.25) is 0 Å². The Morgan fingerprint density at radius 1 is 1.50 bits per heavy atom. The fraction of sp³-hybridized carbons (Fsp3) is 0.364. The van der Waals surface area contributed by atoms with Gasteiger partial charge in [-0.1, -0.05) is 12.1 Å². The molecular formula is C11H15NO2. The van der Waals surface area contributed by atoms with Crippen molar-refractivity contribution in [1.82, 2.24) is 5.32 Å². The molecule has 0 spiro atoms. The zero-order valence-electron chi connectivity index (χ0n) is 8.54. The van der Waals surface area contributed by atoms with E-state index < -0.39 is 0 Å². The van der Waals surface area contributed by atoms with Gasteiger partial charge in [0.15, 0.2) is 0 Å². The summed E-state index contributed by atoms with van der Waals surface area (Å²) in [6, 6.07) is 7.76. The highest BCUT2D eigenvalue weighted by atomic mass is 16.5. The first-order chi connectivity index (χ1) is 6.76. The second-order valence-electron chi connectivity index (χ2n) is 3.02. The SMILES string of the molecule is CNC(=O)CCc1cccc(OC)c1. The fourth-order valence-corrected chi connectivity index (χ4v) is 1.21. The number of rotatable bonds is 4. The maximum Gasteiger partial charge on any atom is 0.220 e. The third-order valence-electron chi connectivity index (χ3n) is 2.05. The molecule has 0 saturated carbocycles. The quantitative estimate of drug-likeness (QED) is 0.784. The van der Waals surface area contributed by atoms with E-state index in [0.29, 0.717) is 6.42 Å². The molecule has 0 fully saturated rings. The van der Waals surface area contributed by atoms with Crippen LogP contribution in [-0.4, -0.2) is 20.1 Å². The molecule has 0 unspecified atom stereocenters. The average molecular weight is 193 g/mol. The zero-order valence-corrected chi connectivity index (χ0v) is 8.54. The van der Waals surface area contributed by atoms with E-state index in [1.807, 2.05) is 24.3 Å². The number of nitrogens with one attached hydrogen (secondary N) is 1. The molecule has 0 radical (unpaired) electrons. The zero-order chi connectivity index (χ0) is 10.4. The summed E-state index contributed by atoms with van der Waals surface area (Å²) >= 11 is 0. The van der Waals surface area contributed by atoms with Crippen molar-refractivity contribution in [1.29, 1.82) is 0 Å². The lowest BCUT2D eigenvalue weighted by molar-refractivity contribution is -0.120. The summed E-state index contributed by atoms with van der Waals surface area (Å²) in [6.07, 6.45) is 1.26. The van der Waals surface area contributed by atoms with Crippen molar-refractivity contribution in [3.05, 3.63) is 29.8 Å². The Labute approximate surface area is 84.1 Å². The summed E-state index contributed by atoms with van der Waals surface area (Å²) in [5, 5.41) is 2.59. The van der Waals surface area contributed by atoms with Gasteiger partial charge in [-0.05, 0) is 24.1 Å². The lowest BCUT2D eigenvalue weighted by atomic mass is 10.1. The molecule has 76 valence electrons. The minimum atomic E-state index is 0.0628. The first-order valence-corrected chi connectivity index (χ1v) is 4.59. The highest BCUT2D eigenvalue weighted by molar-refractivity contribution is 5.75. The summed E-state index contributed by atoms with van der Waals surface area (Å²) in [5.41, 5.74) is 1.12. The summed E-state index contributed by atoms with van der Waals surface area (Å²) in [7, 11) is 3.28. The monoisotopic (exact) mass is 193 g/mol. The molecule has 0 heterocycles. The van der Waals surface area contributed by atoms with E-state index in [4.69, 9.17) is 4.74 Å². The van der Waals surface area contributed by atoms with E-state index in [0.717, 1.165) is 17.7 Å². The van der Waals surface area contributed by atoms with E-state index in [-0.39, 0.29) is 5.91 Å². The van der Waals surface area contributed by atoms with Crippen LogP contribution in [0, 0.1) is 0 Å². The van der Waals surface area contributed by atoms with Crippen molar-refractivity contribution in [3.8, 4) is 5.75 Å². The third kappa shape index (κ3) is 3.09. The summed E-state index contributed by atoms with van der Waals surface area (Å²) in [5.74, 6) is 0.896. The highest BCUT2D eigenvalue weighted by Crippen LogP contribution is 2.13. The molecule has 0 aliphatic rings. The molecule has 0 atom stereocenters. The van der Waals surface area contributed by atoms with Gasteiger partial charge >= 0.3 is 0 Å². The Kier molecular flexibility index (Phi) is 3.98. The molecular weight excluding hydrogens is 178 g/mol. The van der Waals surface area contributed by atoms with Crippen molar-refractivity contribution >= 4 is 5.91 Å². The first kappa shape index (κ1) is 10.6. The van der Waals surface area contributed by atoms with Crippen LogP contribution >= 0.6 is 0 Å². The van der Waals surface area contributed by atoms with Gasteiger partial charge in [0.2, 0.25) is 5.91 Å². The van der Waals surface area contributed by atoms with Crippen molar-refractivity contribution in [2.75, 3.05) is 14.2 Å². The van der Waals surface area contributed by atoms with Crippen LogP contribution < -0.4 is 10.1 Å². The molecule has 1 rings (SSSR count). The lowest BCUT2D eigenvalue weighted by Gasteiger charge is -2.03. The van der Waals surface area contributed by atoms with Gasteiger partial charge in [0.1, 0.15) is 5.75 Å². The molecule has 0 bridgehead atoms. The normalized spacial score (nSPS) is 9.57. The number of hydrogen-bond acceptors (Lipinski definition) is 2. The predicted octanol–water partition coefficient (Wildman–Crippen LogP) is 1.37. The second-order valence-corrected chi connectivity index (χ2v) is 3.02. The average Bonchev–Trinajstić information content (AvgIpc) is 2.26. The molecule has 3 nitrogen and oxygen atoms in total. The van der Waals surface area contributed by atoms with Crippen LogP contribution in [0.25, 0.3) is 0 Å². The number of carbonyl (C=O) groups excluding carboxylic acids is 1. The predicted molar refractivity (Wildman–Crippen MR) is 55.4 cm³/mol. The summed E-state index contributed by atoms with van der Waals surface area (Å²) in [6.45, 7) is 0. The Morgan fingerprint density at radius 2 is 2.29 bits per heavy atom. The molecule has 0 aromatic heterocycles. The molecule has 0 saturated heterocycles. The minimum Gasteiger partial charge on any atom is -0.497 e. The molecule has 14 heavy (non-hydrogen) atoms. The number of ether oxygens (including phenoxy) is 1.